The Morgan fingerprint density at radius 3 is 2.37 bits per heavy atom. The molecule has 35 heavy (non-hydrogen) atoms. The normalized spacial score (nSPS) is 21.0. The lowest BCUT2D eigenvalue weighted by Gasteiger charge is -2.39. The van der Waals surface area contributed by atoms with E-state index in [1.54, 1.807) is 24.3 Å². The number of amides is 2. The first-order chi connectivity index (χ1) is 16.7. The van der Waals surface area contributed by atoms with E-state index in [4.69, 9.17) is 16.3 Å². The zero-order chi connectivity index (χ0) is 25.0. The lowest BCUT2D eigenvalue weighted by molar-refractivity contribution is -0.137. The van der Waals surface area contributed by atoms with Crippen molar-refractivity contribution in [2.45, 2.75) is 44.4 Å². The largest absolute Gasteiger partial charge is 0.490 e. The van der Waals surface area contributed by atoms with Gasteiger partial charge in [-0.05, 0) is 61.7 Å². The van der Waals surface area contributed by atoms with E-state index in [2.05, 4.69) is 0 Å². The second-order valence-electron chi connectivity index (χ2n) is 9.13. The van der Waals surface area contributed by atoms with Gasteiger partial charge in [-0.1, -0.05) is 17.7 Å². The molecule has 2 amide bonds. The van der Waals surface area contributed by atoms with Gasteiger partial charge < -0.3 is 14.5 Å². The summed E-state index contributed by atoms with van der Waals surface area (Å²) >= 11 is 5.97. The van der Waals surface area contributed by atoms with Crippen molar-refractivity contribution in [1.29, 1.82) is 0 Å². The van der Waals surface area contributed by atoms with Crippen molar-refractivity contribution in [3.8, 4) is 5.75 Å². The Hall–Kier alpha value is -2.74. The van der Waals surface area contributed by atoms with Crippen LogP contribution in [0, 0.1) is 5.92 Å². The Morgan fingerprint density at radius 2 is 1.69 bits per heavy atom. The van der Waals surface area contributed by atoms with Crippen LogP contribution in [0.5, 0.6) is 5.75 Å². The van der Waals surface area contributed by atoms with Crippen LogP contribution >= 0.6 is 11.6 Å². The fourth-order valence-corrected chi connectivity index (χ4v) is 4.87. The van der Waals surface area contributed by atoms with Crippen LogP contribution in [-0.4, -0.2) is 53.9 Å². The molecular formula is C26H28ClF3N2O3. The van der Waals surface area contributed by atoms with Gasteiger partial charge in [0.05, 0.1) is 5.56 Å². The van der Waals surface area contributed by atoms with E-state index in [-0.39, 0.29) is 36.5 Å². The molecule has 0 aromatic heterocycles. The summed E-state index contributed by atoms with van der Waals surface area (Å²) in [5.41, 5.74) is -0.876. The minimum Gasteiger partial charge on any atom is -0.490 e. The Balaban J connectivity index is 1.51. The molecule has 5 nitrogen and oxygen atoms in total. The number of halogens is 4. The summed E-state index contributed by atoms with van der Waals surface area (Å²) in [6, 6.07) is 11.4. The summed E-state index contributed by atoms with van der Waals surface area (Å²) < 4.78 is 45.6. The van der Waals surface area contributed by atoms with E-state index in [0.29, 0.717) is 23.7 Å². The molecule has 0 bridgehead atoms. The molecule has 2 fully saturated rings. The van der Waals surface area contributed by atoms with Gasteiger partial charge in [-0.3, -0.25) is 9.59 Å². The monoisotopic (exact) mass is 508 g/mol. The number of hydrogen-bond acceptors (Lipinski definition) is 3. The van der Waals surface area contributed by atoms with Gasteiger partial charge in [-0.25, -0.2) is 0 Å². The molecule has 2 aliphatic heterocycles. The number of hydrogen-bond donors (Lipinski definition) is 0. The number of nitrogens with zero attached hydrogens (tertiary/aromatic N) is 2. The first-order valence-electron chi connectivity index (χ1n) is 11.9. The molecule has 0 radical (unpaired) electrons. The molecular weight excluding hydrogens is 481 g/mol. The standard InChI is InChI=1S/C26H28ClF3N2O3/c27-21-7-9-22(10-8-21)35-23-11-14-32(17-19(23)16-24(33)31-12-2-1-3-13-31)25(34)18-5-4-6-20(15-18)26(28,29)30/h4-10,15,19,23H,1-3,11-14,16-17H2/t19-,23-/m0/s1. The quantitative estimate of drug-likeness (QED) is 0.523. The molecule has 0 N–H and O–H groups in total. The van der Waals surface area contributed by atoms with Crippen LogP contribution in [0.3, 0.4) is 0 Å². The van der Waals surface area contributed by atoms with Crippen LogP contribution < -0.4 is 4.74 Å². The zero-order valence-electron chi connectivity index (χ0n) is 19.3. The van der Waals surface area contributed by atoms with E-state index < -0.39 is 17.6 Å². The summed E-state index contributed by atoms with van der Waals surface area (Å²) in [6.45, 7) is 2.00. The molecule has 2 heterocycles. The summed E-state index contributed by atoms with van der Waals surface area (Å²) in [7, 11) is 0. The molecule has 2 aromatic carbocycles. The molecule has 0 aliphatic carbocycles. The van der Waals surface area contributed by atoms with Crippen LogP contribution in [0.4, 0.5) is 13.2 Å². The van der Waals surface area contributed by atoms with E-state index in [1.165, 1.54) is 17.0 Å². The number of ether oxygens (including phenoxy) is 1. The topological polar surface area (TPSA) is 49.9 Å². The van der Waals surface area contributed by atoms with Crippen molar-refractivity contribution in [2.24, 2.45) is 5.92 Å². The molecule has 9 heteroatoms. The van der Waals surface area contributed by atoms with E-state index in [1.807, 2.05) is 4.90 Å². The maximum atomic E-state index is 13.1. The van der Waals surface area contributed by atoms with Gasteiger partial charge in [0.15, 0.2) is 0 Å². The first kappa shape index (κ1) is 25.4. The van der Waals surface area contributed by atoms with Crippen LogP contribution in [0.1, 0.15) is 48.0 Å². The van der Waals surface area contributed by atoms with E-state index in [9.17, 15) is 22.8 Å². The highest BCUT2D eigenvalue weighted by Crippen LogP contribution is 2.31. The highest BCUT2D eigenvalue weighted by Gasteiger charge is 2.37. The maximum absolute atomic E-state index is 13.1. The fraction of sp³-hybridized carbons (Fsp3) is 0.462. The van der Waals surface area contributed by atoms with Gasteiger partial charge >= 0.3 is 6.18 Å². The van der Waals surface area contributed by atoms with Gasteiger partial charge in [-0.2, -0.15) is 13.2 Å². The SMILES string of the molecule is O=C(C[C@H]1CN(C(=O)c2cccc(C(F)(F)F)c2)CC[C@@H]1Oc1ccc(Cl)cc1)N1CCCCC1. The Labute approximate surface area is 207 Å². The average molecular weight is 509 g/mol. The third-order valence-corrected chi connectivity index (χ3v) is 6.89. The van der Waals surface area contributed by atoms with Crippen molar-refractivity contribution in [2.75, 3.05) is 26.2 Å². The van der Waals surface area contributed by atoms with Gasteiger partial charge in [0, 0.05) is 55.5 Å². The van der Waals surface area contributed by atoms with Crippen molar-refractivity contribution >= 4 is 23.4 Å². The minimum atomic E-state index is -4.53. The summed E-state index contributed by atoms with van der Waals surface area (Å²) in [5, 5.41) is 0.579. The van der Waals surface area contributed by atoms with Crippen molar-refractivity contribution in [3.05, 3.63) is 64.7 Å². The Morgan fingerprint density at radius 1 is 0.971 bits per heavy atom. The number of benzene rings is 2. The highest BCUT2D eigenvalue weighted by molar-refractivity contribution is 6.30. The fourth-order valence-electron chi connectivity index (χ4n) is 4.74. The Bertz CT molecular complexity index is 1040. The number of carbonyl (C=O) groups is 2. The van der Waals surface area contributed by atoms with Gasteiger partial charge in [0.25, 0.3) is 5.91 Å². The molecule has 2 atom stereocenters. The molecule has 188 valence electrons. The average Bonchev–Trinajstić information content (AvgIpc) is 2.86. The summed E-state index contributed by atoms with van der Waals surface area (Å²) in [6.07, 6.45) is -1.11. The molecule has 4 rings (SSSR count). The second-order valence-corrected chi connectivity index (χ2v) is 9.57. The molecule has 2 saturated heterocycles. The minimum absolute atomic E-state index is 0.0157. The van der Waals surface area contributed by atoms with Crippen molar-refractivity contribution in [1.82, 2.24) is 9.80 Å². The number of likely N-dealkylation sites (tertiary alicyclic amines) is 2. The van der Waals surface area contributed by atoms with Gasteiger partial charge in [-0.15, -0.1) is 0 Å². The number of alkyl halides is 3. The van der Waals surface area contributed by atoms with Gasteiger partial charge in [0.2, 0.25) is 5.91 Å². The Kier molecular flexibility index (Phi) is 7.89. The lowest BCUT2D eigenvalue weighted by Crippen LogP contribution is -2.50. The number of piperidine rings is 2. The third kappa shape index (κ3) is 6.48. The van der Waals surface area contributed by atoms with Crippen molar-refractivity contribution in [3.63, 3.8) is 0 Å². The van der Waals surface area contributed by atoms with Gasteiger partial charge in [0.1, 0.15) is 11.9 Å². The molecule has 2 aliphatic rings. The maximum Gasteiger partial charge on any atom is 0.416 e. The molecule has 2 aromatic rings. The van der Waals surface area contributed by atoms with Crippen LogP contribution in [0.2, 0.25) is 5.02 Å². The van der Waals surface area contributed by atoms with Crippen LogP contribution in [-0.2, 0) is 11.0 Å². The number of carbonyl (C=O) groups excluding carboxylic acids is 2. The highest BCUT2D eigenvalue weighted by atomic mass is 35.5. The van der Waals surface area contributed by atoms with Crippen molar-refractivity contribution < 1.29 is 27.5 Å². The van der Waals surface area contributed by atoms with Crippen LogP contribution in [0.15, 0.2) is 48.5 Å². The van der Waals surface area contributed by atoms with E-state index >= 15 is 0 Å². The number of rotatable bonds is 5. The predicted molar refractivity (Wildman–Crippen MR) is 126 cm³/mol. The smallest absolute Gasteiger partial charge is 0.416 e. The lowest BCUT2D eigenvalue weighted by atomic mass is 9.90. The second kappa shape index (κ2) is 10.9. The molecule has 0 spiro atoms. The summed E-state index contributed by atoms with van der Waals surface area (Å²) in [4.78, 5) is 29.5. The predicted octanol–water partition coefficient (Wildman–Crippen LogP) is 5.67. The molecule has 0 unspecified atom stereocenters. The van der Waals surface area contributed by atoms with E-state index in [0.717, 1.165) is 44.5 Å². The molecule has 0 saturated carbocycles. The zero-order valence-corrected chi connectivity index (χ0v) is 20.0. The first-order valence-corrected chi connectivity index (χ1v) is 12.2. The third-order valence-electron chi connectivity index (χ3n) is 6.63. The summed E-state index contributed by atoms with van der Waals surface area (Å²) in [5.74, 6) is -0.125. The van der Waals surface area contributed by atoms with Crippen LogP contribution in [0.25, 0.3) is 0 Å².